The lowest BCUT2D eigenvalue weighted by atomic mass is 10.2. The van der Waals surface area contributed by atoms with E-state index in [4.69, 9.17) is 0 Å². The molecule has 7 nitrogen and oxygen atoms in total. The van der Waals surface area contributed by atoms with Crippen LogP contribution in [0.25, 0.3) is 21.9 Å². The minimum Gasteiger partial charge on any atom is -0.349 e. The van der Waals surface area contributed by atoms with Gasteiger partial charge >= 0.3 is 11.2 Å². The number of H-pyrrole nitrogens is 2. The summed E-state index contributed by atoms with van der Waals surface area (Å²) in [6.45, 7) is 0. The van der Waals surface area contributed by atoms with E-state index in [-0.39, 0.29) is 0 Å². The summed E-state index contributed by atoms with van der Waals surface area (Å²) in [6.07, 6.45) is 4.63. The third-order valence-corrected chi connectivity index (χ3v) is 4.09. The quantitative estimate of drug-likeness (QED) is 0.519. The highest BCUT2D eigenvalue weighted by Crippen LogP contribution is 2.24. The first-order chi connectivity index (χ1) is 11.6. The number of hydrogen-bond acceptors (Lipinski definition) is 4. The van der Waals surface area contributed by atoms with Crippen molar-refractivity contribution in [3.63, 3.8) is 0 Å². The standard InChI is InChI=1S/C16H10BrN5O2/c17-10-3-4-12-11(6-10)13-14(20-12)15(23)22(16(24)21-13)19-8-9-2-1-5-18-7-9/h1-8,20H,(H,21,24)/b19-8-. The van der Waals surface area contributed by atoms with E-state index in [1.54, 1.807) is 24.5 Å². The zero-order valence-corrected chi connectivity index (χ0v) is 13.7. The molecule has 24 heavy (non-hydrogen) atoms. The highest BCUT2D eigenvalue weighted by molar-refractivity contribution is 9.10. The molecule has 4 aromatic rings. The molecule has 1 aromatic carbocycles. The number of hydrogen-bond donors (Lipinski definition) is 2. The van der Waals surface area contributed by atoms with Crippen LogP contribution in [0.4, 0.5) is 0 Å². The number of pyridine rings is 1. The second-order valence-corrected chi connectivity index (χ2v) is 6.06. The van der Waals surface area contributed by atoms with Gasteiger partial charge in [-0.3, -0.25) is 9.78 Å². The van der Waals surface area contributed by atoms with Crippen LogP contribution in [0.2, 0.25) is 0 Å². The summed E-state index contributed by atoms with van der Waals surface area (Å²) in [5.41, 5.74) is 1.09. The molecule has 0 aliphatic carbocycles. The fourth-order valence-electron chi connectivity index (χ4n) is 2.49. The van der Waals surface area contributed by atoms with Gasteiger partial charge in [-0.1, -0.05) is 22.0 Å². The van der Waals surface area contributed by atoms with Crippen LogP contribution in [0.15, 0.2) is 61.9 Å². The number of aromatic amines is 2. The summed E-state index contributed by atoms with van der Waals surface area (Å²) >= 11 is 3.39. The van der Waals surface area contributed by atoms with Crippen molar-refractivity contribution in [1.82, 2.24) is 19.6 Å². The van der Waals surface area contributed by atoms with E-state index in [0.29, 0.717) is 16.6 Å². The zero-order valence-electron chi connectivity index (χ0n) is 12.2. The summed E-state index contributed by atoms with van der Waals surface area (Å²) in [4.78, 5) is 34.5. The number of halogens is 1. The van der Waals surface area contributed by atoms with E-state index in [0.717, 1.165) is 20.1 Å². The van der Waals surface area contributed by atoms with Gasteiger partial charge in [0, 0.05) is 33.3 Å². The first-order valence-electron chi connectivity index (χ1n) is 7.04. The highest BCUT2D eigenvalue weighted by Gasteiger charge is 2.12. The van der Waals surface area contributed by atoms with Gasteiger partial charge in [0.25, 0.3) is 0 Å². The van der Waals surface area contributed by atoms with Crippen molar-refractivity contribution >= 4 is 44.1 Å². The Morgan fingerprint density at radius 1 is 1.17 bits per heavy atom. The summed E-state index contributed by atoms with van der Waals surface area (Å²) in [5.74, 6) is 0. The number of fused-ring (bicyclic) bond motifs is 3. The number of benzene rings is 1. The molecule has 0 spiro atoms. The molecular weight excluding hydrogens is 374 g/mol. The lowest BCUT2D eigenvalue weighted by molar-refractivity contribution is 0.770. The van der Waals surface area contributed by atoms with E-state index in [2.05, 4.69) is 36.0 Å². The van der Waals surface area contributed by atoms with Crippen LogP contribution < -0.4 is 11.2 Å². The molecule has 0 atom stereocenters. The second kappa shape index (κ2) is 5.57. The molecule has 4 rings (SSSR count). The predicted molar refractivity (Wildman–Crippen MR) is 95.6 cm³/mol. The van der Waals surface area contributed by atoms with Gasteiger partial charge in [0.15, 0.2) is 0 Å². The fraction of sp³-hybridized carbons (Fsp3) is 0. The molecule has 0 saturated heterocycles. The summed E-state index contributed by atoms with van der Waals surface area (Å²) in [6, 6.07) is 9.05. The molecule has 0 radical (unpaired) electrons. The van der Waals surface area contributed by atoms with E-state index in [1.807, 2.05) is 18.2 Å². The summed E-state index contributed by atoms with van der Waals surface area (Å²) in [5, 5.41) is 4.74. The third kappa shape index (κ3) is 2.37. The SMILES string of the molecule is O=c1[nH]c2c([nH]c3ccc(Br)cc32)c(=O)n1/N=C\c1cccnc1. The Hall–Kier alpha value is -3.00. The Kier molecular flexibility index (Phi) is 3.39. The van der Waals surface area contributed by atoms with Gasteiger partial charge in [-0.2, -0.15) is 5.10 Å². The van der Waals surface area contributed by atoms with Crippen molar-refractivity contribution < 1.29 is 0 Å². The Morgan fingerprint density at radius 2 is 2.04 bits per heavy atom. The maximum Gasteiger partial charge on any atom is 0.350 e. The molecule has 0 unspecified atom stereocenters. The first kappa shape index (κ1) is 14.6. The molecule has 0 bridgehead atoms. The van der Waals surface area contributed by atoms with Crippen LogP contribution >= 0.6 is 15.9 Å². The Bertz CT molecular complexity index is 1200. The van der Waals surface area contributed by atoms with Crippen molar-refractivity contribution in [2.75, 3.05) is 0 Å². The van der Waals surface area contributed by atoms with E-state index >= 15 is 0 Å². The number of aromatic nitrogens is 4. The van der Waals surface area contributed by atoms with Crippen molar-refractivity contribution in [2.45, 2.75) is 0 Å². The average molecular weight is 384 g/mol. The summed E-state index contributed by atoms with van der Waals surface area (Å²) < 4.78 is 1.65. The number of rotatable bonds is 2. The number of nitrogens with one attached hydrogen (secondary N) is 2. The molecule has 0 fully saturated rings. The molecule has 0 amide bonds. The highest BCUT2D eigenvalue weighted by atomic mass is 79.9. The second-order valence-electron chi connectivity index (χ2n) is 5.14. The van der Waals surface area contributed by atoms with Crippen LogP contribution in [0.3, 0.4) is 0 Å². The van der Waals surface area contributed by atoms with Gasteiger partial charge in [0.05, 0.1) is 11.7 Å². The van der Waals surface area contributed by atoms with Crippen LogP contribution in [0, 0.1) is 0 Å². The lowest BCUT2D eigenvalue weighted by Crippen LogP contribution is -2.32. The lowest BCUT2D eigenvalue weighted by Gasteiger charge is -1.98. The Balaban J connectivity index is 1.95. The van der Waals surface area contributed by atoms with Gasteiger partial charge < -0.3 is 9.97 Å². The first-order valence-corrected chi connectivity index (χ1v) is 7.83. The Morgan fingerprint density at radius 3 is 2.83 bits per heavy atom. The third-order valence-electron chi connectivity index (χ3n) is 3.60. The topological polar surface area (TPSA) is 95.9 Å². The molecule has 3 aromatic heterocycles. The van der Waals surface area contributed by atoms with Crippen LogP contribution in [-0.2, 0) is 0 Å². The molecular formula is C16H10BrN5O2. The van der Waals surface area contributed by atoms with Gasteiger partial charge in [-0.15, -0.1) is 4.68 Å². The van der Waals surface area contributed by atoms with Gasteiger partial charge in [0.2, 0.25) is 0 Å². The zero-order chi connectivity index (χ0) is 16.7. The van der Waals surface area contributed by atoms with Gasteiger partial charge in [-0.05, 0) is 24.3 Å². The van der Waals surface area contributed by atoms with Crippen molar-refractivity contribution in [1.29, 1.82) is 0 Å². The largest absolute Gasteiger partial charge is 0.350 e. The minimum atomic E-state index is -0.603. The van der Waals surface area contributed by atoms with E-state index in [9.17, 15) is 9.59 Å². The molecule has 2 N–H and O–H groups in total. The smallest absolute Gasteiger partial charge is 0.349 e. The van der Waals surface area contributed by atoms with E-state index in [1.165, 1.54) is 6.21 Å². The maximum absolute atomic E-state index is 12.6. The van der Waals surface area contributed by atoms with Crippen LogP contribution in [0.5, 0.6) is 0 Å². The maximum atomic E-state index is 12.6. The monoisotopic (exact) mass is 383 g/mol. The van der Waals surface area contributed by atoms with Crippen LogP contribution in [0.1, 0.15) is 5.56 Å². The molecule has 8 heteroatoms. The van der Waals surface area contributed by atoms with E-state index < -0.39 is 11.2 Å². The predicted octanol–water partition coefficient (Wildman–Crippen LogP) is 2.21. The summed E-state index contributed by atoms with van der Waals surface area (Å²) in [7, 11) is 0. The van der Waals surface area contributed by atoms with Crippen molar-refractivity contribution in [3.8, 4) is 0 Å². The molecule has 3 heterocycles. The molecule has 0 saturated carbocycles. The number of nitrogens with zero attached hydrogens (tertiary/aromatic N) is 3. The fourth-order valence-corrected chi connectivity index (χ4v) is 2.86. The van der Waals surface area contributed by atoms with Crippen molar-refractivity contribution in [3.05, 3.63) is 73.6 Å². The van der Waals surface area contributed by atoms with Crippen LogP contribution in [-0.4, -0.2) is 25.8 Å². The van der Waals surface area contributed by atoms with Gasteiger partial charge in [-0.25, -0.2) is 4.79 Å². The molecule has 118 valence electrons. The molecule has 0 aliphatic rings. The minimum absolute atomic E-state index is 0.297. The average Bonchev–Trinajstić information content (AvgIpc) is 2.94. The molecule has 0 aliphatic heterocycles. The normalized spacial score (nSPS) is 11.7. The van der Waals surface area contributed by atoms with Crippen molar-refractivity contribution in [2.24, 2.45) is 5.10 Å². The van der Waals surface area contributed by atoms with Gasteiger partial charge in [0.1, 0.15) is 5.52 Å². The Labute approximate surface area is 142 Å².